The number of fused-ring (bicyclic) bond motifs is 1. The number of benzene rings is 1. The molecule has 0 saturated carbocycles. The Kier molecular flexibility index (Phi) is 6.02. The van der Waals surface area contributed by atoms with E-state index < -0.39 is 15.4 Å². The maximum Gasteiger partial charge on any atom is 0.243 e. The second kappa shape index (κ2) is 8.61. The molecule has 3 heterocycles. The summed E-state index contributed by atoms with van der Waals surface area (Å²) in [5.41, 5.74) is 0.906. The van der Waals surface area contributed by atoms with Gasteiger partial charge in [-0.1, -0.05) is 6.07 Å². The Morgan fingerprint density at radius 3 is 2.62 bits per heavy atom. The lowest BCUT2D eigenvalue weighted by Gasteiger charge is -2.26. The number of nitrogens with zero attached hydrogens (tertiary/aromatic N) is 3. The number of morpholine rings is 1. The van der Waals surface area contributed by atoms with E-state index in [2.05, 4.69) is 10.3 Å². The summed E-state index contributed by atoms with van der Waals surface area (Å²) in [6, 6.07) is 10.1. The number of hydrogen-bond acceptors (Lipinski definition) is 6. The van der Waals surface area contributed by atoms with E-state index in [4.69, 9.17) is 4.74 Å². The van der Waals surface area contributed by atoms with Gasteiger partial charge in [0.25, 0.3) is 0 Å². The third-order valence-electron chi connectivity index (χ3n) is 5.81. The van der Waals surface area contributed by atoms with Crippen molar-refractivity contribution >= 4 is 27.5 Å². The molecule has 4 rings (SSSR count). The van der Waals surface area contributed by atoms with Crippen molar-refractivity contribution in [3.8, 4) is 0 Å². The molecular weight excluding hydrogens is 432 g/mol. The topological polar surface area (TPSA) is 109 Å². The molecule has 1 aromatic carbocycles. The maximum absolute atomic E-state index is 13.1. The number of carbonyl (C=O) groups is 2. The first-order chi connectivity index (χ1) is 15.2. The quantitative estimate of drug-likeness (QED) is 0.693. The summed E-state index contributed by atoms with van der Waals surface area (Å²) in [5.74, 6) is -0.570. The van der Waals surface area contributed by atoms with Gasteiger partial charge in [-0.25, -0.2) is 8.42 Å². The van der Waals surface area contributed by atoms with Crippen LogP contribution in [0.3, 0.4) is 0 Å². The Hall–Kier alpha value is -2.82. The van der Waals surface area contributed by atoms with Crippen LogP contribution in [0.2, 0.25) is 0 Å². The van der Waals surface area contributed by atoms with Crippen molar-refractivity contribution in [1.82, 2.24) is 14.6 Å². The first-order valence-electron chi connectivity index (χ1n) is 10.4. The van der Waals surface area contributed by atoms with Crippen molar-refractivity contribution in [3.63, 3.8) is 0 Å². The van der Waals surface area contributed by atoms with E-state index in [0.29, 0.717) is 43.2 Å². The Labute approximate surface area is 187 Å². The first kappa shape index (κ1) is 22.4. The van der Waals surface area contributed by atoms with Crippen LogP contribution in [0.25, 0.3) is 0 Å². The molecule has 2 amide bonds. The van der Waals surface area contributed by atoms with Gasteiger partial charge in [0.05, 0.1) is 35.8 Å². The van der Waals surface area contributed by atoms with Crippen LogP contribution in [0.1, 0.15) is 25.1 Å². The monoisotopic (exact) mass is 458 g/mol. The number of aromatic nitrogens is 1. The lowest BCUT2D eigenvalue weighted by Crippen LogP contribution is -2.42. The molecule has 2 aliphatic rings. The van der Waals surface area contributed by atoms with Crippen molar-refractivity contribution in [2.75, 3.05) is 37.7 Å². The van der Waals surface area contributed by atoms with Gasteiger partial charge in [0.1, 0.15) is 6.54 Å². The van der Waals surface area contributed by atoms with Crippen LogP contribution in [0.15, 0.2) is 47.5 Å². The van der Waals surface area contributed by atoms with E-state index in [1.807, 2.05) is 6.07 Å². The predicted molar refractivity (Wildman–Crippen MR) is 117 cm³/mol. The summed E-state index contributed by atoms with van der Waals surface area (Å²) in [6.07, 6.45) is 1.65. The van der Waals surface area contributed by atoms with Crippen LogP contribution < -0.4 is 10.2 Å². The predicted octanol–water partition coefficient (Wildman–Crippen LogP) is 1.04. The van der Waals surface area contributed by atoms with Gasteiger partial charge in [-0.05, 0) is 49.7 Å². The fraction of sp³-hybridized carbons (Fsp3) is 0.409. The number of carbonyl (C=O) groups excluding carboxylic acids is 2. The molecule has 2 aliphatic heterocycles. The van der Waals surface area contributed by atoms with Gasteiger partial charge < -0.3 is 15.0 Å². The van der Waals surface area contributed by atoms with Gasteiger partial charge >= 0.3 is 0 Å². The average Bonchev–Trinajstić information content (AvgIpc) is 2.99. The summed E-state index contributed by atoms with van der Waals surface area (Å²) in [5, 5.41) is 2.77. The fourth-order valence-electron chi connectivity index (χ4n) is 3.96. The van der Waals surface area contributed by atoms with Crippen LogP contribution in [-0.2, 0) is 36.3 Å². The average molecular weight is 459 g/mol. The Bertz CT molecular complexity index is 1130. The zero-order valence-corrected chi connectivity index (χ0v) is 18.9. The van der Waals surface area contributed by atoms with Gasteiger partial charge in [-0.3, -0.25) is 14.6 Å². The molecule has 0 unspecified atom stereocenters. The van der Waals surface area contributed by atoms with Crippen LogP contribution in [-0.4, -0.2) is 62.4 Å². The summed E-state index contributed by atoms with van der Waals surface area (Å²) >= 11 is 0. The van der Waals surface area contributed by atoms with E-state index in [0.717, 1.165) is 0 Å². The van der Waals surface area contributed by atoms with E-state index >= 15 is 0 Å². The summed E-state index contributed by atoms with van der Waals surface area (Å²) in [7, 11) is -3.69. The second-order valence-corrected chi connectivity index (χ2v) is 10.2. The number of sulfonamides is 1. The van der Waals surface area contributed by atoms with Crippen LogP contribution >= 0.6 is 0 Å². The molecule has 10 heteroatoms. The zero-order chi connectivity index (χ0) is 22.9. The number of amides is 2. The molecule has 0 aliphatic carbocycles. The minimum atomic E-state index is -3.69. The SMILES string of the molecule is CC1(C)C(=O)N(CC(=O)NCc2ccccn2)c2ccc(S(=O)(=O)N3CCOCC3)cc21. The summed E-state index contributed by atoms with van der Waals surface area (Å²) in [4.78, 5) is 31.4. The summed E-state index contributed by atoms with van der Waals surface area (Å²) < 4.78 is 32.8. The molecule has 1 saturated heterocycles. The van der Waals surface area contributed by atoms with Gasteiger partial charge in [0.15, 0.2) is 0 Å². The normalized spacial score (nSPS) is 18.4. The molecule has 1 N–H and O–H groups in total. The molecule has 1 aromatic heterocycles. The minimum absolute atomic E-state index is 0.139. The van der Waals surface area contributed by atoms with Gasteiger partial charge in [-0.15, -0.1) is 0 Å². The Morgan fingerprint density at radius 2 is 1.94 bits per heavy atom. The number of anilines is 1. The van der Waals surface area contributed by atoms with Crippen LogP contribution in [0.5, 0.6) is 0 Å². The van der Waals surface area contributed by atoms with E-state index in [9.17, 15) is 18.0 Å². The number of ether oxygens (including phenoxy) is 1. The third kappa shape index (κ3) is 4.13. The number of nitrogens with one attached hydrogen (secondary N) is 1. The van der Waals surface area contributed by atoms with Gasteiger partial charge in [0.2, 0.25) is 21.8 Å². The molecule has 0 spiro atoms. The zero-order valence-electron chi connectivity index (χ0n) is 18.1. The van der Waals surface area contributed by atoms with Gasteiger partial charge in [-0.2, -0.15) is 4.31 Å². The van der Waals surface area contributed by atoms with E-state index in [1.54, 1.807) is 44.3 Å². The maximum atomic E-state index is 13.1. The molecule has 1 fully saturated rings. The highest BCUT2D eigenvalue weighted by molar-refractivity contribution is 7.89. The molecule has 0 radical (unpaired) electrons. The second-order valence-electron chi connectivity index (χ2n) is 8.31. The molecule has 170 valence electrons. The fourth-order valence-corrected chi connectivity index (χ4v) is 5.39. The van der Waals surface area contributed by atoms with Crippen LogP contribution in [0.4, 0.5) is 5.69 Å². The van der Waals surface area contributed by atoms with Gasteiger partial charge in [0, 0.05) is 25.0 Å². The summed E-state index contributed by atoms with van der Waals surface area (Å²) in [6.45, 7) is 4.89. The first-order valence-corrected chi connectivity index (χ1v) is 11.9. The van der Waals surface area contributed by atoms with Crippen molar-refractivity contribution in [2.24, 2.45) is 0 Å². The molecule has 32 heavy (non-hydrogen) atoms. The lowest BCUT2D eigenvalue weighted by molar-refractivity contribution is -0.125. The highest BCUT2D eigenvalue weighted by Gasteiger charge is 2.45. The largest absolute Gasteiger partial charge is 0.379 e. The van der Waals surface area contributed by atoms with Crippen molar-refractivity contribution in [2.45, 2.75) is 30.7 Å². The standard InChI is InChI=1S/C22H26N4O5S/c1-22(2)18-13-17(32(29,30)25-9-11-31-12-10-25)6-7-19(18)26(21(22)28)15-20(27)24-14-16-5-3-4-8-23-16/h3-8,13H,9-12,14-15H2,1-2H3,(H,24,27). The number of hydrogen-bond donors (Lipinski definition) is 1. The lowest BCUT2D eigenvalue weighted by atomic mass is 9.86. The number of pyridine rings is 1. The molecule has 9 nitrogen and oxygen atoms in total. The highest BCUT2D eigenvalue weighted by atomic mass is 32.2. The Balaban J connectivity index is 1.55. The highest BCUT2D eigenvalue weighted by Crippen LogP contribution is 2.42. The van der Waals surface area contributed by atoms with Crippen LogP contribution in [0, 0.1) is 0 Å². The molecule has 2 aromatic rings. The minimum Gasteiger partial charge on any atom is -0.379 e. The molecular formula is C22H26N4O5S. The molecule has 0 bridgehead atoms. The van der Waals surface area contributed by atoms with E-state index in [1.165, 1.54) is 15.3 Å². The van der Waals surface area contributed by atoms with Crippen molar-refractivity contribution in [1.29, 1.82) is 0 Å². The van der Waals surface area contributed by atoms with Crippen molar-refractivity contribution in [3.05, 3.63) is 53.9 Å². The third-order valence-corrected chi connectivity index (χ3v) is 7.71. The molecule has 0 atom stereocenters. The van der Waals surface area contributed by atoms with E-state index in [-0.39, 0.29) is 29.8 Å². The Morgan fingerprint density at radius 1 is 1.19 bits per heavy atom. The number of rotatable bonds is 6. The smallest absolute Gasteiger partial charge is 0.243 e. The van der Waals surface area contributed by atoms with Crippen molar-refractivity contribution < 1.29 is 22.7 Å².